The Kier molecular flexibility index (Phi) is 3.60. The molecule has 1 aromatic rings. The molecular weight excluding hydrogens is 218 g/mol. The summed E-state index contributed by atoms with van der Waals surface area (Å²) in [6.45, 7) is 8.55. The number of hydrogen-bond acceptors (Lipinski definition) is 3. The molecule has 0 aliphatic carbocycles. The highest BCUT2D eigenvalue weighted by molar-refractivity contribution is 8.00. The van der Waals surface area contributed by atoms with E-state index in [9.17, 15) is 0 Å². The predicted molar refractivity (Wildman–Crippen MR) is 69.9 cm³/mol. The SMILES string of the molecule is Cc1n[nH]c(C)c1CNCC1(C)CCCS1. The molecule has 1 saturated heterocycles. The van der Waals surface area contributed by atoms with E-state index in [1.165, 1.54) is 29.9 Å². The molecule has 0 spiro atoms. The average Bonchev–Trinajstić information content (AvgIpc) is 2.79. The highest BCUT2D eigenvalue weighted by atomic mass is 32.2. The fourth-order valence-corrected chi connectivity index (χ4v) is 3.54. The molecular formula is C12H21N3S. The van der Waals surface area contributed by atoms with E-state index < -0.39 is 0 Å². The number of hydrogen-bond donors (Lipinski definition) is 2. The highest BCUT2D eigenvalue weighted by Crippen LogP contribution is 2.36. The molecule has 16 heavy (non-hydrogen) atoms. The van der Waals surface area contributed by atoms with Gasteiger partial charge in [-0.25, -0.2) is 0 Å². The molecule has 4 heteroatoms. The minimum absolute atomic E-state index is 0.450. The Labute approximate surface area is 102 Å². The third kappa shape index (κ3) is 2.61. The van der Waals surface area contributed by atoms with Crippen LogP contribution in [-0.4, -0.2) is 27.2 Å². The van der Waals surface area contributed by atoms with E-state index in [-0.39, 0.29) is 0 Å². The Hall–Kier alpha value is -0.480. The molecule has 1 aromatic heterocycles. The number of thioether (sulfide) groups is 1. The minimum Gasteiger partial charge on any atom is -0.311 e. The van der Waals surface area contributed by atoms with E-state index in [4.69, 9.17) is 0 Å². The van der Waals surface area contributed by atoms with Gasteiger partial charge in [-0.2, -0.15) is 16.9 Å². The van der Waals surface area contributed by atoms with Gasteiger partial charge in [-0.05, 0) is 39.4 Å². The fraction of sp³-hybridized carbons (Fsp3) is 0.750. The van der Waals surface area contributed by atoms with E-state index in [0.29, 0.717) is 4.75 Å². The lowest BCUT2D eigenvalue weighted by Gasteiger charge is -2.23. The van der Waals surface area contributed by atoms with Gasteiger partial charge in [0.25, 0.3) is 0 Å². The molecule has 0 saturated carbocycles. The Bertz CT molecular complexity index is 334. The van der Waals surface area contributed by atoms with Crippen molar-refractivity contribution in [3.63, 3.8) is 0 Å². The van der Waals surface area contributed by atoms with Gasteiger partial charge >= 0.3 is 0 Å². The van der Waals surface area contributed by atoms with Crippen LogP contribution in [0.5, 0.6) is 0 Å². The monoisotopic (exact) mass is 239 g/mol. The van der Waals surface area contributed by atoms with Crippen LogP contribution < -0.4 is 5.32 Å². The first kappa shape index (κ1) is 12.0. The number of aromatic amines is 1. The molecule has 1 atom stereocenters. The minimum atomic E-state index is 0.450. The maximum Gasteiger partial charge on any atom is 0.0638 e. The van der Waals surface area contributed by atoms with Crippen molar-refractivity contribution in [2.75, 3.05) is 12.3 Å². The van der Waals surface area contributed by atoms with Gasteiger partial charge in [-0.15, -0.1) is 0 Å². The summed E-state index contributed by atoms with van der Waals surface area (Å²) in [5.74, 6) is 1.32. The van der Waals surface area contributed by atoms with Gasteiger partial charge in [-0.3, -0.25) is 5.10 Å². The number of nitrogens with one attached hydrogen (secondary N) is 2. The molecule has 0 bridgehead atoms. The lowest BCUT2D eigenvalue weighted by atomic mass is 10.1. The molecule has 1 unspecified atom stereocenters. The van der Waals surface area contributed by atoms with E-state index >= 15 is 0 Å². The number of aryl methyl sites for hydroxylation is 2. The number of rotatable bonds is 4. The van der Waals surface area contributed by atoms with Crippen molar-refractivity contribution < 1.29 is 0 Å². The molecule has 1 aliphatic heterocycles. The van der Waals surface area contributed by atoms with Crippen molar-refractivity contribution in [1.29, 1.82) is 0 Å². The molecule has 90 valence electrons. The predicted octanol–water partition coefficient (Wildman–Crippen LogP) is 2.40. The summed E-state index contributed by atoms with van der Waals surface area (Å²) >= 11 is 2.10. The highest BCUT2D eigenvalue weighted by Gasteiger charge is 2.28. The molecule has 2 heterocycles. The van der Waals surface area contributed by atoms with Crippen molar-refractivity contribution >= 4 is 11.8 Å². The zero-order chi connectivity index (χ0) is 11.6. The van der Waals surface area contributed by atoms with Crippen LogP contribution in [0.25, 0.3) is 0 Å². The fourth-order valence-electron chi connectivity index (χ4n) is 2.26. The molecule has 3 nitrogen and oxygen atoms in total. The average molecular weight is 239 g/mol. The van der Waals surface area contributed by atoms with Gasteiger partial charge in [0, 0.05) is 29.1 Å². The van der Waals surface area contributed by atoms with Crippen LogP contribution in [0.2, 0.25) is 0 Å². The van der Waals surface area contributed by atoms with E-state index in [0.717, 1.165) is 18.8 Å². The summed E-state index contributed by atoms with van der Waals surface area (Å²) in [6.07, 6.45) is 2.71. The molecule has 0 aromatic carbocycles. The first-order chi connectivity index (χ1) is 7.61. The zero-order valence-corrected chi connectivity index (χ0v) is 11.2. The van der Waals surface area contributed by atoms with Crippen LogP contribution in [0.3, 0.4) is 0 Å². The lowest BCUT2D eigenvalue weighted by molar-refractivity contribution is 0.536. The van der Waals surface area contributed by atoms with Gasteiger partial charge in [-0.1, -0.05) is 0 Å². The largest absolute Gasteiger partial charge is 0.311 e. The van der Waals surface area contributed by atoms with Crippen molar-refractivity contribution in [3.8, 4) is 0 Å². The Balaban J connectivity index is 1.84. The molecule has 0 amide bonds. The molecule has 1 aliphatic rings. The number of aromatic nitrogens is 2. The summed E-state index contributed by atoms with van der Waals surface area (Å²) in [4.78, 5) is 0. The smallest absolute Gasteiger partial charge is 0.0638 e. The van der Waals surface area contributed by atoms with Gasteiger partial charge in [0.1, 0.15) is 0 Å². The molecule has 1 fully saturated rings. The maximum absolute atomic E-state index is 4.21. The Morgan fingerprint density at radius 2 is 2.31 bits per heavy atom. The summed E-state index contributed by atoms with van der Waals surface area (Å²) in [6, 6.07) is 0. The topological polar surface area (TPSA) is 40.7 Å². The van der Waals surface area contributed by atoms with Crippen LogP contribution in [0, 0.1) is 13.8 Å². The Morgan fingerprint density at radius 1 is 1.50 bits per heavy atom. The third-order valence-electron chi connectivity index (χ3n) is 3.38. The summed E-state index contributed by atoms with van der Waals surface area (Å²) in [5.41, 5.74) is 3.63. The molecule has 2 rings (SSSR count). The molecule has 2 N–H and O–H groups in total. The first-order valence-electron chi connectivity index (χ1n) is 5.96. The second-order valence-corrected chi connectivity index (χ2v) is 6.60. The van der Waals surface area contributed by atoms with Crippen molar-refractivity contribution in [2.24, 2.45) is 0 Å². The Morgan fingerprint density at radius 3 is 2.88 bits per heavy atom. The number of nitrogens with zero attached hydrogens (tertiary/aromatic N) is 1. The van der Waals surface area contributed by atoms with Gasteiger partial charge < -0.3 is 5.32 Å². The van der Waals surface area contributed by atoms with E-state index in [1.54, 1.807) is 0 Å². The van der Waals surface area contributed by atoms with Gasteiger partial charge in [0.05, 0.1) is 5.69 Å². The van der Waals surface area contributed by atoms with Crippen LogP contribution in [0.4, 0.5) is 0 Å². The maximum atomic E-state index is 4.21. The van der Waals surface area contributed by atoms with Crippen molar-refractivity contribution in [3.05, 3.63) is 17.0 Å². The summed E-state index contributed by atoms with van der Waals surface area (Å²) in [7, 11) is 0. The number of H-pyrrole nitrogens is 1. The second kappa shape index (κ2) is 4.80. The first-order valence-corrected chi connectivity index (χ1v) is 6.94. The van der Waals surface area contributed by atoms with Gasteiger partial charge in [0.2, 0.25) is 0 Å². The van der Waals surface area contributed by atoms with Crippen LogP contribution in [-0.2, 0) is 6.54 Å². The quantitative estimate of drug-likeness (QED) is 0.847. The summed E-state index contributed by atoms with van der Waals surface area (Å²) in [5, 5.41) is 10.8. The molecule has 0 radical (unpaired) electrons. The standard InChI is InChI=1S/C12H21N3S/c1-9-11(10(2)15-14-9)7-13-8-12(3)5-4-6-16-12/h13H,4-8H2,1-3H3,(H,14,15). The van der Waals surface area contributed by atoms with Crippen LogP contribution >= 0.6 is 11.8 Å². The van der Waals surface area contributed by atoms with Crippen LogP contribution in [0.15, 0.2) is 0 Å². The normalized spacial score (nSPS) is 25.2. The second-order valence-electron chi connectivity index (χ2n) is 4.92. The van der Waals surface area contributed by atoms with Gasteiger partial charge in [0.15, 0.2) is 0 Å². The van der Waals surface area contributed by atoms with Crippen molar-refractivity contribution in [1.82, 2.24) is 15.5 Å². The van der Waals surface area contributed by atoms with E-state index in [2.05, 4.69) is 48.0 Å². The summed E-state index contributed by atoms with van der Waals surface area (Å²) < 4.78 is 0.450. The lowest BCUT2D eigenvalue weighted by Crippen LogP contribution is -2.32. The zero-order valence-electron chi connectivity index (χ0n) is 10.4. The van der Waals surface area contributed by atoms with E-state index in [1.807, 2.05) is 0 Å². The third-order valence-corrected chi connectivity index (χ3v) is 4.92. The van der Waals surface area contributed by atoms with Crippen LogP contribution in [0.1, 0.15) is 36.7 Å². The van der Waals surface area contributed by atoms with Crippen molar-refractivity contribution in [2.45, 2.75) is 44.9 Å².